The fourth-order valence-corrected chi connectivity index (χ4v) is 3.39. The van der Waals surface area contributed by atoms with E-state index in [4.69, 9.17) is 5.11 Å². The topological polar surface area (TPSA) is 54.4 Å². The zero-order valence-electron chi connectivity index (χ0n) is 9.65. The summed E-state index contributed by atoms with van der Waals surface area (Å²) in [5.74, 6) is -0.315. The van der Waals surface area contributed by atoms with Gasteiger partial charge in [0.25, 0.3) is 0 Å². The summed E-state index contributed by atoms with van der Waals surface area (Å²) >= 11 is 1.09. The standard InChI is InChI=1S/C13H16O3S/c14-8-11-7-10(12(17-11)13(15)16)6-9-4-2-1-3-5-9/h7-9H,1-6H2,(H,15,16). The number of carbonyl (C=O) groups excluding carboxylic acids is 1. The number of aromatic carboxylic acids is 1. The molecule has 1 fully saturated rings. The van der Waals surface area contributed by atoms with Gasteiger partial charge >= 0.3 is 5.97 Å². The Morgan fingerprint density at radius 2 is 2.12 bits per heavy atom. The second-order valence-corrected chi connectivity index (χ2v) is 5.72. The third-order valence-electron chi connectivity index (χ3n) is 3.37. The van der Waals surface area contributed by atoms with Gasteiger partial charge in [-0.05, 0) is 24.0 Å². The molecule has 0 spiro atoms. The SMILES string of the molecule is O=Cc1cc(CC2CCCCC2)c(C(=O)O)s1. The van der Waals surface area contributed by atoms with Crippen molar-refractivity contribution in [3.8, 4) is 0 Å². The number of carboxylic acids is 1. The average molecular weight is 252 g/mol. The number of rotatable bonds is 4. The quantitative estimate of drug-likeness (QED) is 0.836. The highest BCUT2D eigenvalue weighted by molar-refractivity contribution is 7.15. The minimum Gasteiger partial charge on any atom is -0.477 e. The summed E-state index contributed by atoms with van der Waals surface area (Å²) in [5.41, 5.74) is 0.844. The van der Waals surface area contributed by atoms with Crippen LogP contribution in [0.1, 0.15) is 57.0 Å². The molecule has 1 heterocycles. The van der Waals surface area contributed by atoms with E-state index in [9.17, 15) is 9.59 Å². The monoisotopic (exact) mass is 252 g/mol. The van der Waals surface area contributed by atoms with Gasteiger partial charge in [-0.15, -0.1) is 11.3 Å². The molecule has 2 rings (SSSR count). The average Bonchev–Trinajstić information content (AvgIpc) is 2.74. The molecule has 1 N–H and O–H groups in total. The van der Waals surface area contributed by atoms with Crippen LogP contribution in [0.3, 0.4) is 0 Å². The highest BCUT2D eigenvalue weighted by Crippen LogP contribution is 2.30. The van der Waals surface area contributed by atoms with Crippen molar-refractivity contribution < 1.29 is 14.7 Å². The van der Waals surface area contributed by atoms with Crippen LogP contribution in [-0.2, 0) is 6.42 Å². The summed E-state index contributed by atoms with van der Waals surface area (Å²) in [6.45, 7) is 0. The van der Waals surface area contributed by atoms with E-state index >= 15 is 0 Å². The molecule has 0 amide bonds. The van der Waals surface area contributed by atoms with E-state index in [0.29, 0.717) is 15.7 Å². The molecule has 0 radical (unpaired) electrons. The first-order valence-electron chi connectivity index (χ1n) is 6.02. The van der Waals surface area contributed by atoms with Gasteiger partial charge in [-0.1, -0.05) is 32.1 Å². The van der Waals surface area contributed by atoms with Crippen molar-refractivity contribution in [1.82, 2.24) is 0 Å². The lowest BCUT2D eigenvalue weighted by molar-refractivity contribution is 0.0700. The van der Waals surface area contributed by atoms with Crippen molar-refractivity contribution in [2.45, 2.75) is 38.5 Å². The Bertz CT molecular complexity index is 416. The Morgan fingerprint density at radius 3 is 2.71 bits per heavy atom. The Labute approximate surface area is 104 Å². The maximum absolute atomic E-state index is 11.1. The molecule has 3 nitrogen and oxygen atoms in total. The minimum atomic E-state index is -0.908. The van der Waals surface area contributed by atoms with Crippen LogP contribution < -0.4 is 0 Å². The fraction of sp³-hybridized carbons (Fsp3) is 0.538. The van der Waals surface area contributed by atoms with E-state index < -0.39 is 5.97 Å². The molecule has 0 saturated heterocycles. The van der Waals surface area contributed by atoms with Crippen molar-refractivity contribution in [3.63, 3.8) is 0 Å². The summed E-state index contributed by atoms with van der Waals surface area (Å²) in [6.07, 6.45) is 7.71. The molecular weight excluding hydrogens is 236 g/mol. The normalized spacial score (nSPS) is 16.9. The molecule has 0 aliphatic heterocycles. The number of carbonyl (C=O) groups is 2. The van der Waals surface area contributed by atoms with E-state index in [1.54, 1.807) is 6.07 Å². The highest BCUT2D eigenvalue weighted by atomic mass is 32.1. The Morgan fingerprint density at radius 1 is 1.41 bits per heavy atom. The molecule has 4 heteroatoms. The lowest BCUT2D eigenvalue weighted by atomic mass is 9.85. The number of aldehydes is 1. The molecular formula is C13H16O3S. The Kier molecular flexibility index (Phi) is 3.94. The lowest BCUT2D eigenvalue weighted by Gasteiger charge is -2.21. The predicted molar refractivity (Wildman–Crippen MR) is 66.9 cm³/mol. The number of carboxylic acid groups (broad SMARTS) is 1. The number of thiophene rings is 1. The third-order valence-corrected chi connectivity index (χ3v) is 4.46. The minimum absolute atomic E-state index is 0.345. The van der Waals surface area contributed by atoms with Gasteiger partial charge < -0.3 is 5.11 Å². The van der Waals surface area contributed by atoms with Gasteiger partial charge in [-0.25, -0.2) is 4.79 Å². The van der Waals surface area contributed by atoms with E-state index in [-0.39, 0.29) is 0 Å². The Hall–Kier alpha value is -1.16. The summed E-state index contributed by atoms with van der Waals surface area (Å²) < 4.78 is 0. The smallest absolute Gasteiger partial charge is 0.346 e. The summed E-state index contributed by atoms with van der Waals surface area (Å²) in [6, 6.07) is 1.75. The summed E-state index contributed by atoms with van der Waals surface area (Å²) in [4.78, 5) is 22.7. The van der Waals surface area contributed by atoms with Crippen LogP contribution in [0.25, 0.3) is 0 Å². The molecule has 1 aromatic heterocycles. The zero-order chi connectivity index (χ0) is 12.3. The van der Waals surface area contributed by atoms with Crippen LogP contribution in [0, 0.1) is 5.92 Å². The molecule has 1 aliphatic rings. The summed E-state index contributed by atoms with van der Waals surface area (Å²) in [5, 5.41) is 9.10. The molecule has 0 bridgehead atoms. The van der Waals surface area contributed by atoms with E-state index in [1.807, 2.05) is 0 Å². The molecule has 1 saturated carbocycles. The van der Waals surface area contributed by atoms with Crippen molar-refractivity contribution in [2.24, 2.45) is 5.92 Å². The van der Waals surface area contributed by atoms with Crippen LogP contribution in [-0.4, -0.2) is 17.4 Å². The van der Waals surface area contributed by atoms with E-state index in [2.05, 4.69) is 0 Å². The first-order valence-corrected chi connectivity index (χ1v) is 6.83. The molecule has 1 aliphatic carbocycles. The predicted octanol–water partition coefficient (Wildman–Crippen LogP) is 3.38. The first-order chi connectivity index (χ1) is 8.20. The maximum Gasteiger partial charge on any atom is 0.346 e. The van der Waals surface area contributed by atoms with Crippen molar-refractivity contribution >= 4 is 23.6 Å². The molecule has 0 unspecified atom stereocenters. The van der Waals surface area contributed by atoms with Gasteiger partial charge in [-0.3, -0.25) is 4.79 Å². The van der Waals surface area contributed by atoms with Crippen molar-refractivity contribution in [2.75, 3.05) is 0 Å². The molecule has 92 valence electrons. The number of hydrogen-bond acceptors (Lipinski definition) is 3. The lowest BCUT2D eigenvalue weighted by Crippen LogP contribution is -2.10. The van der Waals surface area contributed by atoms with Crippen LogP contribution in [0.4, 0.5) is 0 Å². The third kappa shape index (κ3) is 2.94. The molecule has 1 aromatic rings. The van der Waals surface area contributed by atoms with Gasteiger partial charge in [-0.2, -0.15) is 0 Å². The van der Waals surface area contributed by atoms with Crippen LogP contribution in [0.15, 0.2) is 6.07 Å². The van der Waals surface area contributed by atoms with Gasteiger partial charge in [0.05, 0.1) is 4.88 Å². The fourth-order valence-electron chi connectivity index (χ4n) is 2.54. The van der Waals surface area contributed by atoms with Crippen molar-refractivity contribution in [1.29, 1.82) is 0 Å². The number of hydrogen-bond donors (Lipinski definition) is 1. The second kappa shape index (κ2) is 5.45. The van der Waals surface area contributed by atoms with Gasteiger partial charge in [0, 0.05) is 0 Å². The molecule has 0 atom stereocenters. The largest absolute Gasteiger partial charge is 0.477 e. The van der Waals surface area contributed by atoms with Gasteiger partial charge in [0.15, 0.2) is 6.29 Å². The molecule has 17 heavy (non-hydrogen) atoms. The van der Waals surface area contributed by atoms with Crippen LogP contribution in [0.2, 0.25) is 0 Å². The van der Waals surface area contributed by atoms with E-state index in [1.165, 1.54) is 32.1 Å². The Balaban J connectivity index is 2.15. The van der Waals surface area contributed by atoms with Crippen LogP contribution >= 0.6 is 11.3 Å². The molecule has 0 aromatic carbocycles. The zero-order valence-corrected chi connectivity index (χ0v) is 10.5. The van der Waals surface area contributed by atoms with E-state index in [0.717, 1.165) is 29.6 Å². The second-order valence-electron chi connectivity index (χ2n) is 4.63. The summed E-state index contributed by atoms with van der Waals surface area (Å²) in [7, 11) is 0. The van der Waals surface area contributed by atoms with Gasteiger partial charge in [0.1, 0.15) is 4.88 Å². The van der Waals surface area contributed by atoms with Gasteiger partial charge in [0.2, 0.25) is 0 Å². The highest BCUT2D eigenvalue weighted by Gasteiger charge is 2.20. The van der Waals surface area contributed by atoms with Crippen molar-refractivity contribution in [3.05, 3.63) is 21.4 Å². The first kappa shape index (κ1) is 12.3. The maximum atomic E-state index is 11.1. The van der Waals surface area contributed by atoms with Crippen LogP contribution in [0.5, 0.6) is 0 Å².